The van der Waals surface area contributed by atoms with Gasteiger partial charge in [0.05, 0.1) is 5.60 Å². The van der Waals surface area contributed by atoms with Gasteiger partial charge in [-0.3, -0.25) is 0 Å². The highest BCUT2D eigenvalue weighted by Gasteiger charge is 2.15. The van der Waals surface area contributed by atoms with E-state index >= 15 is 0 Å². The monoisotopic (exact) mass is 226 g/mol. The first-order chi connectivity index (χ1) is 7.97. The maximum Gasteiger partial charge on any atom is 0.0840 e. The lowest BCUT2D eigenvalue weighted by Gasteiger charge is -2.18. The van der Waals surface area contributed by atoms with Gasteiger partial charge in [0, 0.05) is 0 Å². The van der Waals surface area contributed by atoms with Crippen LogP contribution in [-0.2, 0) is 5.60 Å². The number of hydrogen-bond donors (Lipinski definition) is 1. The predicted molar refractivity (Wildman–Crippen MR) is 71.9 cm³/mol. The number of aliphatic hydroxyl groups is 1. The van der Waals surface area contributed by atoms with Crippen molar-refractivity contribution < 1.29 is 5.11 Å². The molecule has 88 valence electrons. The van der Waals surface area contributed by atoms with Crippen LogP contribution in [0.4, 0.5) is 0 Å². The van der Waals surface area contributed by atoms with E-state index in [0.29, 0.717) is 0 Å². The number of benzene rings is 2. The summed E-state index contributed by atoms with van der Waals surface area (Å²) in [7, 11) is 0. The molecule has 0 atom stereocenters. The van der Waals surface area contributed by atoms with Crippen molar-refractivity contribution in [3.8, 4) is 11.1 Å². The molecule has 0 bridgehead atoms. The van der Waals surface area contributed by atoms with E-state index < -0.39 is 5.60 Å². The lowest BCUT2D eigenvalue weighted by Crippen LogP contribution is -2.15. The van der Waals surface area contributed by atoms with Gasteiger partial charge in [0.25, 0.3) is 0 Å². The third-order valence-electron chi connectivity index (χ3n) is 2.95. The maximum absolute atomic E-state index is 10.0. The summed E-state index contributed by atoms with van der Waals surface area (Å²) in [5.41, 5.74) is 3.73. The molecule has 0 aromatic heterocycles. The fourth-order valence-corrected chi connectivity index (χ4v) is 1.83. The lowest BCUT2D eigenvalue weighted by molar-refractivity contribution is 0.0786. The summed E-state index contributed by atoms with van der Waals surface area (Å²) in [6, 6.07) is 16.5. The molecule has 1 N–H and O–H groups in total. The van der Waals surface area contributed by atoms with Crippen LogP contribution < -0.4 is 0 Å². The van der Waals surface area contributed by atoms with Crippen LogP contribution >= 0.6 is 0 Å². The van der Waals surface area contributed by atoms with Crippen molar-refractivity contribution in [2.75, 3.05) is 0 Å². The largest absolute Gasteiger partial charge is 0.386 e. The summed E-state index contributed by atoms with van der Waals surface area (Å²) in [5.74, 6) is 0. The first kappa shape index (κ1) is 11.9. The van der Waals surface area contributed by atoms with E-state index in [4.69, 9.17) is 0 Å². The van der Waals surface area contributed by atoms with Gasteiger partial charge in [0.15, 0.2) is 0 Å². The van der Waals surface area contributed by atoms with E-state index in [0.717, 1.165) is 11.1 Å². The van der Waals surface area contributed by atoms with Crippen LogP contribution in [0.25, 0.3) is 11.1 Å². The highest BCUT2D eigenvalue weighted by atomic mass is 16.3. The molecule has 1 nitrogen and oxygen atoms in total. The highest BCUT2D eigenvalue weighted by molar-refractivity contribution is 5.64. The SMILES string of the molecule is Cc1ccc(-c2cccc(C(C)(C)O)c2)cc1. The van der Waals surface area contributed by atoms with Crippen molar-refractivity contribution in [2.24, 2.45) is 0 Å². The predicted octanol–water partition coefficient (Wildman–Crippen LogP) is 3.89. The Balaban J connectivity index is 2.43. The van der Waals surface area contributed by atoms with Crippen molar-refractivity contribution in [1.82, 2.24) is 0 Å². The molecular weight excluding hydrogens is 208 g/mol. The Morgan fingerprint density at radius 3 is 2.12 bits per heavy atom. The van der Waals surface area contributed by atoms with Gasteiger partial charge in [-0.25, -0.2) is 0 Å². The quantitative estimate of drug-likeness (QED) is 0.823. The van der Waals surface area contributed by atoms with Crippen molar-refractivity contribution in [3.05, 3.63) is 59.7 Å². The van der Waals surface area contributed by atoms with Crippen LogP contribution in [0.15, 0.2) is 48.5 Å². The molecule has 0 heterocycles. The van der Waals surface area contributed by atoms with E-state index in [2.05, 4.69) is 37.3 Å². The Labute approximate surface area is 103 Å². The Morgan fingerprint density at radius 2 is 1.53 bits per heavy atom. The number of aryl methyl sites for hydroxylation is 1. The van der Waals surface area contributed by atoms with Gasteiger partial charge in [-0.1, -0.05) is 48.0 Å². The van der Waals surface area contributed by atoms with E-state index in [-0.39, 0.29) is 0 Å². The van der Waals surface area contributed by atoms with Gasteiger partial charge in [-0.15, -0.1) is 0 Å². The van der Waals surface area contributed by atoms with Crippen LogP contribution in [0.5, 0.6) is 0 Å². The van der Waals surface area contributed by atoms with Crippen LogP contribution in [0.2, 0.25) is 0 Å². The second-order valence-electron chi connectivity index (χ2n) is 5.01. The Bertz CT molecular complexity index is 504. The summed E-state index contributed by atoms with van der Waals surface area (Å²) in [6.07, 6.45) is 0. The van der Waals surface area contributed by atoms with Crippen molar-refractivity contribution in [3.63, 3.8) is 0 Å². The molecule has 0 amide bonds. The third-order valence-corrected chi connectivity index (χ3v) is 2.95. The van der Waals surface area contributed by atoms with Crippen molar-refractivity contribution >= 4 is 0 Å². The van der Waals surface area contributed by atoms with Gasteiger partial charge in [-0.05, 0) is 43.5 Å². The van der Waals surface area contributed by atoms with Crippen molar-refractivity contribution in [1.29, 1.82) is 0 Å². The van der Waals surface area contributed by atoms with Crippen LogP contribution in [-0.4, -0.2) is 5.11 Å². The fourth-order valence-electron chi connectivity index (χ4n) is 1.83. The lowest BCUT2D eigenvalue weighted by atomic mass is 9.94. The summed E-state index contributed by atoms with van der Waals surface area (Å²) < 4.78 is 0. The molecule has 17 heavy (non-hydrogen) atoms. The zero-order valence-corrected chi connectivity index (χ0v) is 10.6. The number of hydrogen-bond acceptors (Lipinski definition) is 1. The first-order valence-electron chi connectivity index (χ1n) is 5.87. The average molecular weight is 226 g/mol. The van der Waals surface area contributed by atoms with Gasteiger partial charge >= 0.3 is 0 Å². The molecule has 2 aromatic rings. The molecular formula is C16H18O. The third kappa shape index (κ3) is 2.75. The van der Waals surface area contributed by atoms with Gasteiger partial charge < -0.3 is 5.11 Å². The Morgan fingerprint density at radius 1 is 0.882 bits per heavy atom. The standard InChI is InChI=1S/C16H18O/c1-12-7-9-13(10-8-12)14-5-4-6-15(11-14)16(2,3)17/h4-11,17H,1-3H3. The summed E-state index contributed by atoms with van der Waals surface area (Å²) >= 11 is 0. The second kappa shape index (κ2) is 4.34. The zero-order chi connectivity index (χ0) is 12.5. The van der Waals surface area contributed by atoms with E-state index in [9.17, 15) is 5.11 Å². The summed E-state index contributed by atoms with van der Waals surface area (Å²) in [5, 5.41) is 10.0. The highest BCUT2D eigenvalue weighted by Crippen LogP contribution is 2.26. The molecule has 0 aliphatic heterocycles. The molecule has 2 aromatic carbocycles. The van der Waals surface area contributed by atoms with Crippen LogP contribution in [0.1, 0.15) is 25.0 Å². The van der Waals surface area contributed by atoms with Crippen LogP contribution in [0, 0.1) is 6.92 Å². The van der Waals surface area contributed by atoms with E-state index in [1.807, 2.05) is 18.2 Å². The van der Waals surface area contributed by atoms with E-state index in [1.165, 1.54) is 11.1 Å². The average Bonchev–Trinajstić information content (AvgIpc) is 2.29. The van der Waals surface area contributed by atoms with Gasteiger partial charge in [-0.2, -0.15) is 0 Å². The smallest absolute Gasteiger partial charge is 0.0840 e. The van der Waals surface area contributed by atoms with E-state index in [1.54, 1.807) is 13.8 Å². The summed E-state index contributed by atoms with van der Waals surface area (Å²) in [4.78, 5) is 0. The molecule has 0 unspecified atom stereocenters. The summed E-state index contributed by atoms with van der Waals surface area (Å²) in [6.45, 7) is 5.69. The molecule has 0 fully saturated rings. The minimum atomic E-state index is -0.791. The first-order valence-corrected chi connectivity index (χ1v) is 5.87. The molecule has 0 aliphatic carbocycles. The molecule has 0 saturated heterocycles. The molecule has 0 spiro atoms. The topological polar surface area (TPSA) is 20.2 Å². The van der Waals surface area contributed by atoms with Gasteiger partial charge in [0.1, 0.15) is 0 Å². The molecule has 0 aliphatic rings. The Hall–Kier alpha value is -1.60. The minimum absolute atomic E-state index is 0.791. The molecule has 2 rings (SSSR count). The van der Waals surface area contributed by atoms with Crippen LogP contribution in [0.3, 0.4) is 0 Å². The minimum Gasteiger partial charge on any atom is -0.386 e. The van der Waals surface area contributed by atoms with Crippen molar-refractivity contribution in [2.45, 2.75) is 26.4 Å². The number of rotatable bonds is 2. The normalized spacial score (nSPS) is 11.5. The second-order valence-corrected chi connectivity index (χ2v) is 5.01. The molecule has 0 saturated carbocycles. The fraction of sp³-hybridized carbons (Fsp3) is 0.250. The Kier molecular flexibility index (Phi) is 3.03. The maximum atomic E-state index is 10.0. The van der Waals surface area contributed by atoms with Gasteiger partial charge in [0.2, 0.25) is 0 Å². The zero-order valence-electron chi connectivity index (χ0n) is 10.6. The molecule has 0 radical (unpaired) electrons. The molecule has 1 heteroatoms.